The summed E-state index contributed by atoms with van der Waals surface area (Å²) in [6.45, 7) is 3.51. The molecule has 0 saturated heterocycles. The highest BCUT2D eigenvalue weighted by Crippen LogP contribution is 2.20. The van der Waals surface area contributed by atoms with E-state index in [0.29, 0.717) is 23.4 Å². The van der Waals surface area contributed by atoms with Gasteiger partial charge in [0.15, 0.2) is 0 Å². The molecule has 6 nitrogen and oxygen atoms in total. The molecule has 2 heterocycles. The van der Waals surface area contributed by atoms with Gasteiger partial charge in [-0.05, 0) is 37.6 Å². The van der Waals surface area contributed by atoms with Crippen molar-refractivity contribution >= 4 is 21.5 Å². The van der Waals surface area contributed by atoms with Gasteiger partial charge in [-0.1, -0.05) is 30.3 Å². The van der Waals surface area contributed by atoms with Crippen LogP contribution >= 0.6 is 0 Å². The van der Waals surface area contributed by atoms with Crippen LogP contribution in [0, 0.1) is 6.92 Å². The maximum Gasteiger partial charge on any atom is 0.232 e. The van der Waals surface area contributed by atoms with E-state index in [1.807, 2.05) is 54.9 Å². The summed E-state index contributed by atoms with van der Waals surface area (Å²) < 4.78 is 27.7. The topological polar surface area (TPSA) is 81.1 Å². The standard InChI is InChI=1S/C21H23N3O3S/c1-4-28(26,27)23-18-11-10-17(22-14-18)13-19-12-15(2)20(24(19)3)21(25)16-8-6-5-7-9-16/h5-12,14,23H,4,13H2,1-3H3. The Kier molecular flexibility index (Phi) is 5.65. The molecule has 2 aromatic heterocycles. The average molecular weight is 398 g/mol. The fraction of sp³-hybridized carbons (Fsp3) is 0.238. The second-order valence-corrected chi connectivity index (χ2v) is 8.65. The summed E-state index contributed by atoms with van der Waals surface area (Å²) >= 11 is 0. The van der Waals surface area contributed by atoms with Crippen LogP contribution in [0.5, 0.6) is 0 Å². The number of pyridine rings is 1. The molecule has 0 amide bonds. The van der Waals surface area contributed by atoms with Crippen LogP contribution < -0.4 is 4.72 Å². The van der Waals surface area contributed by atoms with Crippen molar-refractivity contribution in [1.82, 2.24) is 9.55 Å². The van der Waals surface area contributed by atoms with Gasteiger partial charge in [-0.25, -0.2) is 8.42 Å². The number of anilines is 1. The lowest BCUT2D eigenvalue weighted by atomic mass is 10.1. The molecule has 28 heavy (non-hydrogen) atoms. The minimum atomic E-state index is -3.32. The molecule has 0 saturated carbocycles. The van der Waals surface area contributed by atoms with Crippen molar-refractivity contribution in [2.75, 3.05) is 10.5 Å². The van der Waals surface area contributed by atoms with Gasteiger partial charge in [0.2, 0.25) is 15.8 Å². The van der Waals surface area contributed by atoms with E-state index in [9.17, 15) is 13.2 Å². The number of aromatic nitrogens is 2. The zero-order valence-corrected chi connectivity index (χ0v) is 17.0. The summed E-state index contributed by atoms with van der Waals surface area (Å²) in [7, 11) is -1.44. The first-order chi connectivity index (χ1) is 13.3. The molecule has 3 rings (SSSR count). The van der Waals surface area contributed by atoms with Crippen LogP contribution in [0.25, 0.3) is 0 Å². The fourth-order valence-corrected chi connectivity index (χ4v) is 3.70. The smallest absolute Gasteiger partial charge is 0.232 e. The number of benzene rings is 1. The minimum absolute atomic E-state index is 0.00952. The number of sulfonamides is 1. The predicted molar refractivity (Wildman–Crippen MR) is 110 cm³/mol. The number of carbonyl (C=O) groups excluding carboxylic acids is 1. The molecule has 0 aliphatic rings. The summed E-state index contributed by atoms with van der Waals surface area (Å²) in [6, 6.07) is 14.7. The second-order valence-electron chi connectivity index (χ2n) is 6.64. The zero-order chi connectivity index (χ0) is 20.3. The average Bonchev–Trinajstić information content (AvgIpc) is 2.96. The third-order valence-electron chi connectivity index (χ3n) is 4.61. The minimum Gasteiger partial charge on any atom is -0.344 e. The molecular formula is C21H23N3O3S. The highest BCUT2D eigenvalue weighted by molar-refractivity contribution is 7.92. The lowest BCUT2D eigenvalue weighted by Crippen LogP contribution is -2.14. The van der Waals surface area contributed by atoms with Crippen LogP contribution in [-0.2, 0) is 23.5 Å². The van der Waals surface area contributed by atoms with Crippen LogP contribution in [0.2, 0.25) is 0 Å². The van der Waals surface area contributed by atoms with Crippen molar-refractivity contribution in [3.63, 3.8) is 0 Å². The van der Waals surface area contributed by atoms with Gasteiger partial charge in [0.1, 0.15) is 0 Å². The molecule has 0 fully saturated rings. The van der Waals surface area contributed by atoms with Gasteiger partial charge < -0.3 is 4.57 Å². The normalized spacial score (nSPS) is 11.4. The molecule has 1 aromatic carbocycles. The highest BCUT2D eigenvalue weighted by atomic mass is 32.2. The quantitative estimate of drug-likeness (QED) is 0.620. The summed E-state index contributed by atoms with van der Waals surface area (Å²) in [4.78, 5) is 17.2. The Morgan fingerprint density at radius 3 is 2.46 bits per heavy atom. The van der Waals surface area contributed by atoms with E-state index < -0.39 is 10.0 Å². The maximum atomic E-state index is 12.9. The predicted octanol–water partition coefficient (Wildman–Crippen LogP) is 3.31. The molecule has 0 aliphatic carbocycles. The summed E-state index contributed by atoms with van der Waals surface area (Å²) in [6.07, 6.45) is 2.05. The van der Waals surface area contributed by atoms with Crippen LogP contribution in [0.15, 0.2) is 54.7 Å². The number of nitrogens with one attached hydrogen (secondary N) is 1. The maximum absolute atomic E-state index is 12.9. The largest absolute Gasteiger partial charge is 0.344 e. The van der Waals surface area contributed by atoms with Gasteiger partial charge in [0.25, 0.3) is 0 Å². The van der Waals surface area contributed by atoms with Gasteiger partial charge in [0, 0.05) is 30.4 Å². The van der Waals surface area contributed by atoms with Gasteiger partial charge >= 0.3 is 0 Å². The Morgan fingerprint density at radius 2 is 1.86 bits per heavy atom. The number of hydrogen-bond acceptors (Lipinski definition) is 4. The molecule has 0 spiro atoms. The van der Waals surface area contributed by atoms with Crippen LogP contribution in [-0.4, -0.2) is 29.5 Å². The first kappa shape index (κ1) is 19.8. The van der Waals surface area contributed by atoms with E-state index in [0.717, 1.165) is 17.0 Å². The molecule has 0 radical (unpaired) electrons. The van der Waals surface area contributed by atoms with Crippen LogP contribution in [0.1, 0.15) is 39.9 Å². The number of rotatable bonds is 7. The van der Waals surface area contributed by atoms with Crippen molar-refractivity contribution in [2.45, 2.75) is 20.3 Å². The van der Waals surface area contributed by atoms with Crippen molar-refractivity contribution in [1.29, 1.82) is 0 Å². The van der Waals surface area contributed by atoms with E-state index >= 15 is 0 Å². The van der Waals surface area contributed by atoms with E-state index in [2.05, 4.69) is 9.71 Å². The number of hydrogen-bond donors (Lipinski definition) is 1. The Balaban J connectivity index is 1.81. The van der Waals surface area contributed by atoms with Gasteiger partial charge in [0.05, 0.1) is 23.3 Å². The van der Waals surface area contributed by atoms with Crippen molar-refractivity contribution in [3.05, 3.63) is 82.9 Å². The molecule has 7 heteroatoms. The van der Waals surface area contributed by atoms with Crippen LogP contribution in [0.4, 0.5) is 5.69 Å². The molecule has 0 aliphatic heterocycles. The van der Waals surface area contributed by atoms with Gasteiger partial charge in [-0.2, -0.15) is 0 Å². The third-order valence-corrected chi connectivity index (χ3v) is 5.92. The lowest BCUT2D eigenvalue weighted by molar-refractivity contribution is 0.103. The van der Waals surface area contributed by atoms with Crippen molar-refractivity contribution < 1.29 is 13.2 Å². The third kappa shape index (κ3) is 4.31. The van der Waals surface area contributed by atoms with Crippen molar-refractivity contribution in [3.8, 4) is 0 Å². The molecule has 3 aromatic rings. The fourth-order valence-electron chi connectivity index (χ4n) is 3.08. The first-order valence-corrected chi connectivity index (χ1v) is 10.7. The Hall–Kier alpha value is -2.93. The van der Waals surface area contributed by atoms with E-state index in [1.165, 1.54) is 6.20 Å². The first-order valence-electron chi connectivity index (χ1n) is 9.01. The summed E-state index contributed by atoms with van der Waals surface area (Å²) in [5.74, 6) is -0.000543. The van der Waals surface area contributed by atoms with E-state index in [4.69, 9.17) is 0 Å². The van der Waals surface area contributed by atoms with Crippen LogP contribution in [0.3, 0.4) is 0 Å². The van der Waals surface area contributed by atoms with Gasteiger partial charge in [-0.3, -0.25) is 14.5 Å². The molecular weight excluding hydrogens is 374 g/mol. The Bertz CT molecular complexity index is 1090. The molecule has 1 N–H and O–H groups in total. The molecule has 146 valence electrons. The Morgan fingerprint density at radius 1 is 1.14 bits per heavy atom. The molecule has 0 atom stereocenters. The van der Waals surface area contributed by atoms with E-state index in [-0.39, 0.29) is 11.5 Å². The molecule has 0 bridgehead atoms. The zero-order valence-electron chi connectivity index (χ0n) is 16.1. The highest BCUT2D eigenvalue weighted by Gasteiger charge is 2.18. The van der Waals surface area contributed by atoms with E-state index in [1.54, 1.807) is 19.1 Å². The lowest BCUT2D eigenvalue weighted by Gasteiger charge is -2.09. The van der Waals surface area contributed by atoms with Gasteiger partial charge in [-0.15, -0.1) is 0 Å². The SMILES string of the molecule is CCS(=O)(=O)Nc1ccc(Cc2cc(C)c(C(=O)c3ccccc3)n2C)nc1. The number of nitrogens with zero attached hydrogens (tertiary/aromatic N) is 2. The van der Waals surface area contributed by atoms with Crippen molar-refractivity contribution in [2.24, 2.45) is 7.05 Å². The molecule has 0 unspecified atom stereocenters. The summed E-state index contributed by atoms with van der Waals surface area (Å²) in [5.41, 5.74) is 4.43. The second kappa shape index (κ2) is 7.98. The summed E-state index contributed by atoms with van der Waals surface area (Å²) in [5, 5.41) is 0. The monoisotopic (exact) mass is 397 g/mol. The number of ketones is 1. The number of aryl methyl sites for hydroxylation is 1. The Labute approximate surface area is 165 Å². The number of carbonyl (C=O) groups is 1.